The molecule has 1 aliphatic heterocycles. The van der Waals surface area contributed by atoms with Crippen LogP contribution in [-0.4, -0.2) is 31.6 Å². The highest BCUT2D eigenvalue weighted by atomic mass is 79.9. The first-order valence-electron chi connectivity index (χ1n) is 14.9. The molecule has 0 spiro atoms. The highest BCUT2D eigenvalue weighted by Gasteiger charge is 2.36. The summed E-state index contributed by atoms with van der Waals surface area (Å²) in [5.41, 5.74) is 1.83. The minimum atomic E-state index is -0.489. The molecule has 0 radical (unpaired) electrons. The zero-order chi connectivity index (χ0) is 34.3. The monoisotopic (exact) mass is 770 g/mol. The van der Waals surface area contributed by atoms with Crippen LogP contribution < -0.4 is 0 Å². The van der Waals surface area contributed by atoms with Gasteiger partial charge in [0.25, 0.3) is 11.8 Å². The SMILES string of the molecule is O=C(c1ccccc1F)C(Br)Sc1ccccc1.O=C1c2ccccc2C(=O)N1Cc1nc(-c2ccccc2F)c(Sc2ccccc2)s1. The quantitative estimate of drug-likeness (QED) is 0.0631. The van der Waals surface area contributed by atoms with Crippen LogP contribution in [0.5, 0.6) is 0 Å². The molecule has 0 aliphatic carbocycles. The number of thiazole rings is 1. The Morgan fingerprint density at radius 1 is 0.694 bits per heavy atom. The topological polar surface area (TPSA) is 67.3 Å². The molecule has 2 amide bonds. The number of fused-ring (bicyclic) bond motifs is 1. The lowest BCUT2D eigenvalue weighted by atomic mass is 10.1. The smallest absolute Gasteiger partial charge is 0.261 e. The Balaban J connectivity index is 0.000000197. The van der Waals surface area contributed by atoms with Gasteiger partial charge >= 0.3 is 0 Å². The second kappa shape index (κ2) is 15.9. The maximum Gasteiger partial charge on any atom is 0.261 e. The van der Waals surface area contributed by atoms with Gasteiger partial charge in [0.1, 0.15) is 20.8 Å². The van der Waals surface area contributed by atoms with E-state index < -0.39 is 9.98 Å². The number of nitrogens with zero attached hydrogens (tertiary/aromatic N) is 2. The van der Waals surface area contributed by atoms with Crippen molar-refractivity contribution in [2.75, 3.05) is 0 Å². The molecule has 5 nitrogen and oxygen atoms in total. The lowest BCUT2D eigenvalue weighted by Crippen LogP contribution is -2.29. The number of halogens is 3. The minimum Gasteiger partial charge on any atom is -0.292 e. The Morgan fingerprint density at radius 2 is 1.20 bits per heavy atom. The van der Waals surface area contributed by atoms with Gasteiger partial charge in [-0.05, 0) is 60.7 Å². The molecule has 1 atom stereocenters. The van der Waals surface area contributed by atoms with Crippen molar-refractivity contribution >= 4 is 68.4 Å². The molecule has 1 aliphatic rings. The molecule has 0 fully saturated rings. The van der Waals surface area contributed by atoms with E-state index in [2.05, 4.69) is 20.9 Å². The van der Waals surface area contributed by atoms with Crippen molar-refractivity contribution < 1.29 is 23.2 Å². The Labute approximate surface area is 302 Å². The van der Waals surface area contributed by atoms with Crippen LogP contribution in [0.25, 0.3) is 11.3 Å². The standard InChI is InChI=1S/C24H15FN2O2S2.C14H10BrFOS/c25-19-13-7-6-12-18(19)21-24(30-15-8-2-1-3-9-15)31-20(26-21)14-27-22(28)16-10-4-5-11-17(16)23(27)29;15-14(18-10-6-2-1-3-7-10)13(17)11-8-4-5-9-12(11)16/h1-13H,14H2;1-9,14H. The first-order chi connectivity index (χ1) is 23.8. The molecule has 244 valence electrons. The van der Waals surface area contributed by atoms with E-state index in [-0.39, 0.29) is 35.5 Å². The maximum atomic E-state index is 14.5. The molecular formula is C38H25BrF2N2O3S3. The molecule has 7 rings (SSSR count). The molecule has 5 aromatic carbocycles. The number of hydrogen-bond acceptors (Lipinski definition) is 7. The van der Waals surface area contributed by atoms with Crippen LogP contribution in [0.15, 0.2) is 147 Å². The van der Waals surface area contributed by atoms with E-state index in [9.17, 15) is 23.2 Å². The van der Waals surface area contributed by atoms with Crippen molar-refractivity contribution in [2.45, 2.75) is 24.7 Å². The number of benzene rings is 5. The first-order valence-corrected chi connectivity index (χ1v) is 18.3. The number of alkyl halides is 1. The second-order valence-corrected chi connectivity index (χ2v) is 15.6. The molecule has 2 heterocycles. The van der Waals surface area contributed by atoms with Gasteiger partial charge in [0.15, 0.2) is 5.78 Å². The van der Waals surface area contributed by atoms with E-state index in [4.69, 9.17) is 0 Å². The van der Waals surface area contributed by atoms with E-state index in [1.54, 1.807) is 54.6 Å². The summed E-state index contributed by atoms with van der Waals surface area (Å²) in [5.74, 6) is -1.78. The Kier molecular flexibility index (Phi) is 11.1. The summed E-state index contributed by atoms with van der Waals surface area (Å²) in [6, 6.07) is 38.5. The van der Waals surface area contributed by atoms with Crippen molar-refractivity contribution in [1.82, 2.24) is 9.88 Å². The van der Waals surface area contributed by atoms with Crippen LogP contribution in [0.3, 0.4) is 0 Å². The lowest BCUT2D eigenvalue weighted by molar-refractivity contribution is 0.0642. The van der Waals surface area contributed by atoms with Crippen LogP contribution >= 0.6 is 50.8 Å². The molecule has 0 saturated heterocycles. The molecular weight excluding hydrogens is 747 g/mol. The number of imide groups is 1. The minimum absolute atomic E-state index is 0.0494. The predicted octanol–water partition coefficient (Wildman–Crippen LogP) is 10.4. The number of hydrogen-bond donors (Lipinski definition) is 0. The van der Waals surface area contributed by atoms with Crippen LogP contribution in [-0.2, 0) is 6.54 Å². The number of Topliss-reactive ketones (excluding diaryl/α,β-unsaturated/α-hetero) is 1. The summed E-state index contributed by atoms with van der Waals surface area (Å²) in [5, 5.41) is 0.575. The van der Waals surface area contributed by atoms with Crippen molar-refractivity contribution in [3.05, 3.63) is 167 Å². The van der Waals surface area contributed by atoms with Crippen molar-refractivity contribution in [3.8, 4) is 11.3 Å². The summed E-state index contributed by atoms with van der Waals surface area (Å²) in [7, 11) is 0. The van der Waals surface area contributed by atoms with Gasteiger partial charge in [-0.25, -0.2) is 13.8 Å². The number of thioether (sulfide) groups is 1. The van der Waals surface area contributed by atoms with Crippen LogP contribution in [0, 0.1) is 11.6 Å². The predicted molar refractivity (Wildman–Crippen MR) is 194 cm³/mol. The number of amides is 2. The largest absolute Gasteiger partial charge is 0.292 e. The third kappa shape index (κ3) is 8.08. The number of rotatable bonds is 9. The number of carbonyl (C=O) groups is 3. The molecule has 0 saturated carbocycles. The zero-order valence-corrected chi connectivity index (χ0v) is 29.5. The van der Waals surface area contributed by atoms with E-state index in [1.807, 2.05) is 60.7 Å². The maximum absolute atomic E-state index is 14.5. The van der Waals surface area contributed by atoms with Crippen LogP contribution in [0.1, 0.15) is 36.1 Å². The third-order valence-corrected chi connectivity index (χ3v) is 11.4. The van der Waals surface area contributed by atoms with E-state index in [0.717, 1.165) is 14.0 Å². The Hall–Kier alpha value is -4.42. The summed E-state index contributed by atoms with van der Waals surface area (Å²) in [6.45, 7) is 0.0494. The van der Waals surface area contributed by atoms with E-state index in [1.165, 1.54) is 58.0 Å². The zero-order valence-electron chi connectivity index (χ0n) is 25.5. The Morgan fingerprint density at radius 3 is 1.80 bits per heavy atom. The molecule has 1 unspecified atom stereocenters. The van der Waals surface area contributed by atoms with E-state index >= 15 is 0 Å². The van der Waals surface area contributed by atoms with Gasteiger partial charge in [0.2, 0.25) is 0 Å². The van der Waals surface area contributed by atoms with Crippen LogP contribution in [0.2, 0.25) is 0 Å². The molecule has 11 heteroatoms. The first kappa shape index (κ1) is 34.4. The fraction of sp³-hybridized carbons (Fsp3) is 0.0526. The number of ketones is 1. The van der Waals surface area contributed by atoms with Crippen LogP contribution in [0.4, 0.5) is 8.78 Å². The fourth-order valence-corrected chi connectivity index (χ4v) is 8.86. The summed E-state index contributed by atoms with van der Waals surface area (Å²) >= 11 is 7.51. The average molecular weight is 772 g/mol. The van der Waals surface area contributed by atoms with Gasteiger partial charge < -0.3 is 0 Å². The summed E-state index contributed by atoms with van der Waals surface area (Å²) in [4.78, 5) is 45.3. The summed E-state index contributed by atoms with van der Waals surface area (Å²) < 4.78 is 28.4. The molecule has 0 bridgehead atoms. The van der Waals surface area contributed by atoms with Crippen molar-refractivity contribution in [1.29, 1.82) is 0 Å². The molecule has 6 aromatic rings. The van der Waals surface area contributed by atoms with Gasteiger partial charge in [0.05, 0.1) is 33.1 Å². The summed E-state index contributed by atoms with van der Waals surface area (Å²) in [6.07, 6.45) is 0. The number of carbonyl (C=O) groups excluding carboxylic acids is 3. The van der Waals surface area contributed by atoms with E-state index in [0.29, 0.717) is 27.4 Å². The molecule has 1 aromatic heterocycles. The third-order valence-electron chi connectivity index (χ3n) is 7.22. The Bertz CT molecular complexity index is 2100. The highest BCUT2D eigenvalue weighted by Crippen LogP contribution is 2.41. The van der Waals surface area contributed by atoms with Gasteiger partial charge in [-0.1, -0.05) is 100 Å². The second-order valence-electron chi connectivity index (χ2n) is 10.5. The lowest BCUT2D eigenvalue weighted by Gasteiger charge is -2.11. The normalized spacial score (nSPS) is 12.7. The number of aromatic nitrogens is 1. The fourth-order valence-electron chi connectivity index (χ4n) is 4.88. The molecule has 49 heavy (non-hydrogen) atoms. The van der Waals surface area contributed by atoms with Gasteiger partial charge in [-0.3, -0.25) is 19.3 Å². The average Bonchev–Trinajstić information content (AvgIpc) is 3.63. The molecule has 0 N–H and O–H groups in total. The van der Waals surface area contributed by atoms with Gasteiger partial charge in [-0.2, -0.15) is 0 Å². The highest BCUT2D eigenvalue weighted by molar-refractivity contribution is 9.11. The van der Waals surface area contributed by atoms with Gasteiger partial charge in [0, 0.05) is 15.4 Å². The van der Waals surface area contributed by atoms with Crippen molar-refractivity contribution in [3.63, 3.8) is 0 Å². The van der Waals surface area contributed by atoms with Gasteiger partial charge in [-0.15, -0.1) is 23.1 Å². The van der Waals surface area contributed by atoms with Crippen molar-refractivity contribution in [2.24, 2.45) is 0 Å².